The zero-order chi connectivity index (χ0) is 20.3. The number of rotatable bonds is 7. The Hall–Kier alpha value is -2.21. The minimum atomic E-state index is -1.11. The van der Waals surface area contributed by atoms with Gasteiger partial charge in [-0.25, -0.2) is 0 Å². The summed E-state index contributed by atoms with van der Waals surface area (Å²) >= 11 is 0. The molecule has 2 atom stereocenters. The van der Waals surface area contributed by atoms with E-state index in [1.54, 1.807) is 11.8 Å². The molecule has 6 heteroatoms. The average Bonchev–Trinajstić information content (AvgIpc) is 3.26. The van der Waals surface area contributed by atoms with E-state index in [0.29, 0.717) is 19.6 Å². The number of ether oxygens (including phenoxy) is 1. The van der Waals surface area contributed by atoms with Gasteiger partial charge in [-0.15, -0.1) is 0 Å². The van der Waals surface area contributed by atoms with E-state index < -0.39 is 5.41 Å². The Morgan fingerprint density at radius 2 is 2.04 bits per heavy atom. The van der Waals surface area contributed by atoms with Gasteiger partial charge in [-0.1, -0.05) is 24.3 Å². The van der Waals surface area contributed by atoms with Crippen LogP contribution in [0.3, 0.4) is 0 Å². The number of hydrogen-bond donors (Lipinski definition) is 0. The van der Waals surface area contributed by atoms with E-state index in [0.717, 1.165) is 30.6 Å². The van der Waals surface area contributed by atoms with E-state index in [9.17, 15) is 14.4 Å². The highest BCUT2D eigenvalue weighted by Gasteiger charge is 2.54. The molecule has 0 bridgehead atoms. The summed E-state index contributed by atoms with van der Waals surface area (Å²) in [6.45, 7) is 7.82. The number of carbonyl (C=O) groups is 3. The first kappa shape index (κ1) is 20.5. The van der Waals surface area contributed by atoms with Crippen LogP contribution in [0.2, 0.25) is 0 Å². The minimum absolute atomic E-state index is 0.0134. The molecule has 1 aromatic rings. The summed E-state index contributed by atoms with van der Waals surface area (Å²) in [5.41, 5.74) is 0.599. The van der Waals surface area contributed by atoms with Crippen molar-refractivity contribution in [1.29, 1.82) is 0 Å². The van der Waals surface area contributed by atoms with Crippen LogP contribution >= 0.6 is 0 Å². The Morgan fingerprint density at radius 1 is 1.29 bits per heavy atom. The topological polar surface area (TPSA) is 66.9 Å². The first-order valence-electron chi connectivity index (χ1n) is 10.2. The number of aryl methyl sites for hydroxylation is 1. The Labute approximate surface area is 166 Å². The summed E-state index contributed by atoms with van der Waals surface area (Å²) in [7, 11) is 0. The average molecular weight is 386 g/mol. The largest absolute Gasteiger partial charge is 0.376 e. The van der Waals surface area contributed by atoms with Gasteiger partial charge in [0.25, 0.3) is 0 Å². The third-order valence-corrected chi connectivity index (χ3v) is 6.02. The van der Waals surface area contributed by atoms with Gasteiger partial charge in [-0.2, -0.15) is 0 Å². The van der Waals surface area contributed by atoms with E-state index in [-0.39, 0.29) is 36.7 Å². The third kappa shape index (κ3) is 3.70. The highest BCUT2D eigenvalue weighted by Crippen LogP contribution is 2.41. The van der Waals surface area contributed by atoms with Crippen molar-refractivity contribution in [3.05, 3.63) is 35.4 Å². The van der Waals surface area contributed by atoms with Crippen LogP contribution in [0.15, 0.2) is 24.3 Å². The summed E-state index contributed by atoms with van der Waals surface area (Å²) in [6.07, 6.45) is 2.09. The van der Waals surface area contributed by atoms with Gasteiger partial charge in [0, 0.05) is 39.1 Å². The second kappa shape index (κ2) is 8.43. The standard InChI is InChI=1S/C22H30N2O4/c1-4-23(15-17-10-8-12-28-17)19(25)13-22(18-11-7-6-9-16(18)3)14-20(26)24(5-2)21(22)27/h6-7,9,11,17H,4-5,8,10,12-15H2,1-3H3/t17-,22+/m1/s1. The smallest absolute Gasteiger partial charge is 0.240 e. The molecule has 0 unspecified atom stereocenters. The molecule has 2 saturated heterocycles. The van der Waals surface area contributed by atoms with E-state index in [1.165, 1.54) is 4.90 Å². The van der Waals surface area contributed by atoms with Gasteiger partial charge in [0.15, 0.2) is 0 Å². The molecule has 2 fully saturated rings. The molecule has 2 heterocycles. The predicted octanol–water partition coefficient (Wildman–Crippen LogP) is 2.43. The minimum Gasteiger partial charge on any atom is -0.376 e. The number of likely N-dealkylation sites (tertiary alicyclic amines) is 1. The molecule has 2 aliphatic rings. The zero-order valence-corrected chi connectivity index (χ0v) is 17.1. The molecule has 0 aromatic heterocycles. The van der Waals surface area contributed by atoms with Gasteiger partial charge in [0.05, 0.1) is 11.5 Å². The van der Waals surface area contributed by atoms with Crippen LogP contribution < -0.4 is 0 Å². The molecule has 28 heavy (non-hydrogen) atoms. The summed E-state index contributed by atoms with van der Waals surface area (Å²) in [5.74, 6) is -0.554. The number of likely N-dealkylation sites (N-methyl/N-ethyl adjacent to an activating group) is 2. The van der Waals surface area contributed by atoms with Crippen molar-refractivity contribution in [3.63, 3.8) is 0 Å². The lowest BCUT2D eigenvalue weighted by Gasteiger charge is -2.32. The Bertz CT molecular complexity index is 757. The highest BCUT2D eigenvalue weighted by atomic mass is 16.5. The lowest BCUT2D eigenvalue weighted by atomic mass is 9.74. The van der Waals surface area contributed by atoms with E-state index in [2.05, 4.69) is 0 Å². The second-order valence-electron chi connectivity index (χ2n) is 7.76. The fourth-order valence-electron chi connectivity index (χ4n) is 4.49. The number of benzene rings is 1. The molecule has 0 radical (unpaired) electrons. The first-order valence-corrected chi connectivity index (χ1v) is 10.2. The van der Waals surface area contributed by atoms with Crippen LogP contribution in [0.5, 0.6) is 0 Å². The van der Waals surface area contributed by atoms with Gasteiger partial charge in [0.1, 0.15) is 0 Å². The van der Waals surface area contributed by atoms with Gasteiger partial charge >= 0.3 is 0 Å². The molecule has 0 saturated carbocycles. The van der Waals surface area contributed by atoms with Gasteiger partial charge in [0.2, 0.25) is 17.7 Å². The summed E-state index contributed by atoms with van der Waals surface area (Å²) in [4.78, 5) is 42.2. The number of hydrogen-bond acceptors (Lipinski definition) is 4. The summed E-state index contributed by atoms with van der Waals surface area (Å²) in [5, 5.41) is 0. The van der Waals surface area contributed by atoms with Gasteiger partial charge in [-0.05, 0) is 44.7 Å². The fraction of sp³-hybridized carbons (Fsp3) is 0.591. The van der Waals surface area contributed by atoms with E-state index >= 15 is 0 Å². The van der Waals surface area contributed by atoms with Gasteiger partial charge < -0.3 is 9.64 Å². The number of carbonyl (C=O) groups excluding carboxylic acids is 3. The lowest BCUT2D eigenvalue weighted by molar-refractivity contribution is -0.142. The Kier molecular flexibility index (Phi) is 6.18. The van der Waals surface area contributed by atoms with Crippen LogP contribution in [0.1, 0.15) is 50.7 Å². The molecular weight excluding hydrogens is 356 g/mol. The van der Waals surface area contributed by atoms with Crippen LogP contribution in [0.4, 0.5) is 0 Å². The summed E-state index contributed by atoms with van der Waals surface area (Å²) < 4.78 is 5.68. The summed E-state index contributed by atoms with van der Waals surface area (Å²) in [6, 6.07) is 7.58. The second-order valence-corrected chi connectivity index (χ2v) is 7.76. The molecule has 6 nitrogen and oxygen atoms in total. The van der Waals surface area contributed by atoms with E-state index in [1.807, 2.05) is 38.1 Å². The predicted molar refractivity (Wildman–Crippen MR) is 106 cm³/mol. The molecular formula is C22H30N2O4. The van der Waals surface area contributed by atoms with Crippen molar-refractivity contribution in [2.45, 2.75) is 58.0 Å². The van der Waals surface area contributed by atoms with Crippen molar-refractivity contribution >= 4 is 17.7 Å². The van der Waals surface area contributed by atoms with E-state index in [4.69, 9.17) is 4.74 Å². The van der Waals surface area contributed by atoms with Crippen molar-refractivity contribution in [2.75, 3.05) is 26.2 Å². The Morgan fingerprint density at radius 3 is 2.61 bits per heavy atom. The molecule has 0 spiro atoms. The monoisotopic (exact) mass is 386 g/mol. The Balaban J connectivity index is 1.92. The molecule has 0 N–H and O–H groups in total. The molecule has 152 valence electrons. The highest BCUT2D eigenvalue weighted by molar-refractivity contribution is 6.10. The van der Waals surface area contributed by atoms with Crippen LogP contribution in [0, 0.1) is 6.92 Å². The maximum absolute atomic E-state index is 13.3. The van der Waals surface area contributed by atoms with Crippen LogP contribution in [0.25, 0.3) is 0 Å². The molecule has 0 aliphatic carbocycles. The third-order valence-electron chi connectivity index (χ3n) is 6.02. The van der Waals surface area contributed by atoms with Crippen molar-refractivity contribution in [2.24, 2.45) is 0 Å². The SMILES string of the molecule is CCN(C[C@H]1CCCO1)C(=O)C[C@@]1(c2ccccc2C)CC(=O)N(CC)C1=O. The van der Waals surface area contributed by atoms with Crippen LogP contribution in [-0.4, -0.2) is 59.9 Å². The number of nitrogens with zero attached hydrogens (tertiary/aromatic N) is 2. The maximum Gasteiger partial charge on any atom is 0.240 e. The lowest BCUT2D eigenvalue weighted by Crippen LogP contribution is -2.45. The quantitative estimate of drug-likeness (QED) is 0.675. The fourth-order valence-corrected chi connectivity index (χ4v) is 4.49. The molecule has 2 aliphatic heterocycles. The first-order chi connectivity index (χ1) is 13.4. The van der Waals surface area contributed by atoms with Crippen molar-refractivity contribution in [1.82, 2.24) is 9.80 Å². The van der Waals surface area contributed by atoms with Crippen LogP contribution in [-0.2, 0) is 24.5 Å². The maximum atomic E-state index is 13.3. The number of amides is 3. The molecule has 3 rings (SSSR count). The number of imide groups is 1. The molecule has 1 aromatic carbocycles. The van der Waals surface area contributed by atoms with Crippen molar-refractivity contribution < 1.29 is 19.1 Å². The molecule has 3 amide bonds. The zero-order valence-electron chi connectivity index (χ0n) is 17.1. The van der Waals surface area contributed by atoms with Crippen molar-refractivity contribution in [3.8, 4) is 0 Å². The normalized spacial score (nSPS) is 24.8. The van der Waals surface area contributed by atoms with Gasteiger partial charge in [-0.3, -0.25) is 19.3 Å².